The largest absolute Gasteiger partial charge is 1.00 e. The van der Waals surface area contributed by atoms with E-state index in [1.165, 1.54) is 85.0 Å². The van der Waals surface area contributed by atoms with Gasteiger partial charge in [0, 0.05) is 0 Å². The molecule has 0 atom stereocenters. The monoisotopic (exact) mass is 624 g/mol. The van der Waals surface area contributed by atoms with Crippen LogP contribution in [0, 0.1) is 0 Å². The zero-order chi connectivity index (χ0) is 28.9. The fourth-order valence-electron chi connectivity index (χ4n) is 3.40. The molecule has 12 nitrogen and oxygen atoms in total. The first kappa shape index (κ1) is 35.4. The fraction of sp³-hybridized carbons (Fsp3) is 0. The predicted molar refractivity (Wildman–Crippen MR) is 146 cm³/mol. The Morgan fingerprint density at radius 2 is 0.905 bits per heavy atom. The van der Waals surface area contributed by atoms with Crippen LogP contribution in [0.5, 0.6) is 0 Å². The van der Waals surface area contributed by atoms with Crippen molar-refractivity contribution in [2.24, 2.45) is 10.2 Å². The van der Waals surface area contributed by atoms with Gasteiger partial charge >= 0.3 is 59.1 Å². The molecular weight excluding hydrogens is 606 g/mol. The molecule has 0 saturated heterocycles. The Labute approximate surface area is 285 Å². The molecule has 0 spiro atoms. The smallest absolute Gasteiger partial charge is 0.744 e. The Morgan fingerprint density at radius 1 is 0.571 bits per heavy atom. The van der Waals surface area contributed by atoms with E-state index < -0.39 is 30.0 Å². The van der Waals surface area contributed by atoms with Crippen molar-refractivity contribution in [3.63, 3.8) is 0 Å². The first-order valence-corrected chi connectivity index (χ1v) is 14.1. The molecule has 0 fully saturated rings. The summed E-state index contributed by atoms with van der Waals surface area (Å²) in [7, 11) is -9.95. The summed E-state index contributed by atoms with van der Waals surface area (Å²) in [4.78, 5) is 21.2. The number of anilines is 2. The van der Waals surface area contributed by atoms with Gasteiger partial charge in [0.05, 0.1) is 32.6 Å². The molecule has 2 aliphatic carbocycles. The Hall–Kier alpha value is -2.76. The molecule has 204 valence electrons. The molecule has 2 aromatic rings. The van der Waals surface area contributed by atoms with Crippen molar-refractivity contribution < 1.29 is 94.6 Å². The van der Waals surface area contributed by atoms with Gasteiger partial charge < -0.3 is 9.11 Å². The van der Waals surface area contributed by atoms with E-state index in [1.807, 2.05) is 0 Å². The van der Waals surface area contributed by atoms with Crippen molar-refractivity contribution in [3.8, 4) is 0 Å². The van der Waals surface area contributed by atoms with Gasteiger partial charge in [0.1, 0.15) is 20.2 Å². The number of rotatable bonds is 8. The van der Waals surface area contributed by atoms with Gasteiger partial charge in [0.2, 0.25) is 0 Å². The molecule has 42 heavy (non-hydrogen) atoms. The van der Waals surface area contributed by atoms with Crippen molar-refractivity contribution in [1.82, 2.24) is 0 Å². The van der Waals surface area contributed by atoms with E-state index in [2.05, 4.69) is 21.1 Å². The number of ketones is 2. The van der Waals surface area contributed by atoms with Crippen LogP contribution in [-0.2, 0) is 29.8 Å². The molecular formula is C26H18N4Na2O8S2. The number of nitrogens with zero attached hydrogens (tertiary/aromatic N) is 2. The van der Waals surface area contributed by atoms with Crippen LogP contribution in [0.15, 0.2) is 105 Å². The maximum absolute atomic E-state index is 11.9. The average molecular weight is 625 g/mol. The minimum Gasteiger partial charge on any atom is -0.744 e. The first-order chi connectivity index (χ1) is 18.9. The number of hydrogen-bond donors (Lipinski definition) is 2. The second-order valence-corrected chi connectivity index (χ2v) is 10.9. The molecule has 16 heteroatoms. The van der Waals surface area contributed by atoms with Gasteiger partial charge in [0.15, 0.2) is 11.6 Å². The molecule has 2 aliphatic rings. The molecule has 0 radical (unpaired) electrons. The van der Waals surface area contributed by atoms with E-state index in [-0.39, 0.29) is 93.2 Å². The third kappa shape index (κ3) is 9.91. The summed E-state index contributed by atoms with van der Waals surface area (Å²) >= 11 is 0. The van der Waals surface area contributed by atoms with Gasteiger partial charge in [0.25, 0.3) is 0 Å². The molecule has 2 aromatic carbocycles. The number of benzene rings is 2. The topological polar surface area (TPSA) is 197 Å². The van der Waals surface area contributed by atoms with Crippen molar-refractivity contribution in [2.75, 3.05) is 10.9 Å². The number of nitrogens with one attached hydrogen (secondary N) is 2. The third-order valence-corrected chi connectivity index (χ3v) is 7.09. The summed E-state index contributed by atoms with van der Waals surface area (Å²) in [6.45, 7) is 0. The van der Waals surface area contributed by atoms with Crippen molar-refractivity contribution in [2.45, 2.75) is 9.79 Å². The van der Waals surface area contributed by atoms with Crippen LogP contribution in [0.3, 0.4) is 0 Å². The quantitative estimate of drug-likeness (QED) is 0.0982. The summed E-state index contributed by atoms with van der Waals surface area (Å²) in [5.41, 5.74) is 6.15. The van der Waals surface area contributed by atoms with E-state index in [0.29, 0.717) is 11.4 Å². The van der Waals surface area contributed by atoms with Crippen LogP contribution in [0.4, 0.5) is 11.4 Å². The summed E-state index contributed by atoms with van der Waals surface area (Å²) in [6, 6.07) is 7.55. The predicted octanol–water partition coefficient (Wildman–Crippen LogP) is -3.40. The zero-order valence-corrected chi connectivity index (χ0v) is 27.8. The molecule has 0 amide bonds. The third-order valence-electron chi connectivity index (χ3n) is 5.31. The molecule has 0 unspecified atom stereocenters. The Kier molecular flexibility index (Phi) is 12.7. The Bertz CT molecular complexity index is 1670. The van der Waals surface area contributed by atoms with Crippen molar-refractivity contribution >= 4 is 66.8 Å². The zero-order valence-electron chi connectivity index (χ0n) is 22.2. The average Bonchev–Trinajstić information content (AvgIpc) is 2.90. The number of carbonyl (C=O) groups excluding carboxylic acids is 2. The van der Waals surface area contributed by atoms with Gasteiger partial charge in [-0.05, 0) is 84.0 Å². The van der Waals surface area contributed by atoms with Crippen LogP contribution in [-0.4, -0.2) is 48.9 Å². The number of hydrogen-bond acceptors (Lipinski definition) is 12. The SMILES string of the molecule is O=C1C=CC(=NNc2ccc(/C=C/c3ccc(NN=C4C=CC(=O)C=C4)cc3S(=O)(=O)[O-])c(S(=O)(=O)[O-])c2)C=C1.[Na+].[Na+]. The molecule has 0 aliphatic heterocycles. The molecule has 4 rings (SSSR count). The van der Waals surface area contributed by atoms with E-state index in [4.69, 9.17) is 0 Å². The second kappa shape index (κ2) is 15.1. The van der Waals surface area contributed by atoms with Crippen molar-refractivity contribution in [1.29, 1.82) is 0 Å². The van der Waals surface area contributed by atoms with E-state index >= 15 is 0 Å². The van der Waals surface area contributed by atoms with Crippen LogP contribution >= 0.6 is 0 Å². The van der Waals surface area contributed by atoms with E-state index in [1.54, 1.807) is 0 Å². The second-order valence-electron chi connectivity index (χ2n) is 8.18. The van der Waals surface area contributed by atoms with Crippen LogP contribution in [0.1, 0.15) is 11.1 Å². The maximum atomic E-state index is 11.9. The first-order valence-electron chi connectivity index (χ1n) is 11.2. The summed E-state index contributed by atoms with van der Waals surface area (Å²) in [5.74, 6) is -0.425. The number of allylic oxidation sites excluding steroid dienone is 8. The molecule has 0 heterocycles. The number of carbonyl (C=O) groups is 2. The van der Waals surface area contributed by atoms with Gasteiger partial charge in [-0.1, -0.05) is 24.3 Å². The van der Waals surface area contributed by atoms with Crippen LogP contribution < -0.4 is 70.0 Å². The van der Waals surface area contributed by atoms with Gasteiger partial charge in [-0.15, -0.1) is 0 Å². The summed E-state index contributed by atoms with van der Waals surface area (Å²) in [6.07, 6.45) is 13.3. The van der Waals surface area contributed by atoms with Gasteiger partial charge in [-0.25, -0.2) is 16.8 Å². The molecule has 0 saturated carbocycles. The Morgan fingerprint density at radius 3 is 1.21 bits per heavy atom. The van der Waals surface area contributed by atoms with Gasteiger partial charge in [-0.2, -0.15) is 10.2 Å². The van der Waals surface area contributed by atoms with Crippen LogP contribution in [0.25, 0.3) is 12.2 Å². The van der Waals surface area contributed by atoms with E-state index in [0.717, 1.165) is 12.1 Å². The van der Waals surface area contributed by atoms with Crippen molar-refractivity contribution in [3.05, 3.63) is 96.1 Å². The van der Waals surface area contributed by atoms with E-state index in [9.17, 15) is 35.5 Å². The minimum absolute atomic E-state index is 0. The molecule has 0 bridgehead atoms. The standard InChI is InChI=1S/C26H20N4O8S2.2Na/c31-23-11-7-19(8-12-23)27-29-21-5-3-17(25(15-21)39(33,34)35)1-2-18-4-6-22(16-26(18)40(36,37)38)30-28-20-9-13-24(32)14-10-20;;/h1-16,29-30H,(H,33,34,35)(H,36,37,38);;/q;2*+1/p-2/b2-1+;;. The molecule has 2 N–H and O–H groups in total. The maximum Gasteiger partial charge on any atom is 1.00 e. The minimum atomic E-state index is -4.98. The fourth-order valence-corrected chi connectivity index (χ4v) is 4.79. The summed E-state index contributed by atoms with van der Waals surface area (Å²) in [5, 5.41) is 8.03. The Balaban J connectivity index is 0.00000308. The van der Waals surface area contributed by atoms with Gasteiger partial charge in [-0.3, -0.25) is 20.4 Å². The van der Waals surface area contributed by atoms with Crippen LogP contribution in [0.2, 0.25) is 0 Å². The number of hydrazone groups is 2. The summed E-state index contributed by atoms with van der Waals surface area (Å²) < 4.78 is 71.7. The molecule has 0 aromatic heterocycles. The normalized spacial score (nSPS) is 14.4.